The number of nitrogens with one attached hydrogen (secondary N) is 1. The van der Waals surface area contributed by atoms with Crippen LogP contribution >= 0.6 is 0 Å². The number of ketones is 1. The second-order valence-electron chi connectivity index (χ2n) is 10.8. The summed E-state index contributed by atoms with van der Waals surface area (Å²) in [6, 6.07) is 6.80. The zero-order valence-electron chi connectivity index (χ0n) is 21.1. The van der Waals surface area contributed by atoms with Crippen LogP contribution in [0.2, 0.25) is 0 Å². The monoisotopic (exact) mass is 498 g/mol. The zero-order chi connectivity index (χ0) is 25.3. The van der Waals surface area contributed by atoms with Crippen molar-refractivity contribution in [1.29, 1.82) is 0 Å². The van der Waals surface area contributed by atoms with E-state index < -0.39 is 17.7 Å². The number of amides is 2. The molecule has 1 aromatic carbocycles. The highest BCUT2D eigenvalue weighted by Crippen LogP contribution is 2.36. The lowest BCUT2D eigenvalue weighted by atomic mass is 9.88. The van der Waals surface area contributed by atoms with E-state index in [4.69, 9.17) is 15.2 Å². The van der Waals surface area contributed by atoms with Gasteiger partial charge in [0, 0.05) is 25.8 Å². The van der Waals surface area contributed by atoms with Crippen molar-refractivity contribution < 1.29 is 23.9 Å². The van der Waals surface area contributed by atoms with Gasteiger partial charge in [-0.25, -0.2) is 0 Å². The largest absolute Gasteiger partial charge is 0.383 e. The van der Waals surface area contributed by atoms with Crippen LogP contribution in [0.4, 0.5) is 0 Å². The normalized spacial score (nSPS) is 28.4. The number of hydrogen-bond donors (Lipinski definition) is 2. The van der Waals surface area contributed by atoms with Crippen molar-refractivity contribution in [3.8, 4) is 0 Å². The minimum Gasteiger partial charge on any atom is -0.383 e. The molecule has 2 amide bonds. The van der Waals surface area contributed by atoms with Crippen LogP contribution in [0.25, 0.3) is 0 Å². The molecular weight excluding hydrogens is 460 g/mol. The summed E-state index contributed by atoms with van der Waals surface area (Å²) in [4.78, 5) is 43.5. The number of Topliss-reactive ketones (excluding diaryl/α,β-unsaturated/α-hetero) is 1. The van der Waals surface area contributed by atoms with E-state index >= 15 is 0 Å². The van der Waals surface area contributed by atoms with E-state index in [1.807, 2.05) is 24.3 Å². The van der Waals surface area contributed by atoms with E-state index in [0.29, 0.717) is 24.3 Å². The van der Waals surface area contributed by atoms with Gasteiger partial charge in [-0.2, -0.15) is 0 Å². The van der Waals surface area contributed by atoms with Gasteiger partial charge in [0.05, 0.1) is 12.6 Å². The van der Waals surface area contributed by atoms with Crippen LogP contribution in [-0.2, 0) is 19.1 Å². The Bertz CT molecular complexity index is 969. The fraction of sp³-hybridized carbons (Fsp3) is 0.667. The van der Waals surface area contributed by atoms with Gasteiger partial charge in [0.1, 0.15) is 24.3 Å². The molecule has 5 rings (SSSR count). The Kier molecular flexibility index (Phi) is 7.44. The summed E-state index contributed by atoms with van der Waals surface area (Å²) in [6.07, 6.45) is 4.57. The summed E-state index contributed by atoms with van der Waals surface area (Å²) >= 11 is 0. The summed E-state index contributed by atoms with van der Waals surface area (Å²) in [5.41, 5.74) is 6.98. The second kappa shape index (κ2) is 10.6. The third-order valence-corrected chi connectivity index (χ3v) is 8.55. The van der Waals surface area contributed by atoms with Gasteiger partial charge in [-0.05, 0) is 62.4 Å². The van der Waals surface area contributed by atoms with Gasteiger partial charge in [0.25, 0.3) is 5.91 Å². The second-order valence-corrected chi connectivity index (χ2v) is 10.8. The molecule has 0 unspecified atom stereocenters. The van der Waals surface area contributed by atoms with Crippen molar-refractivity contribution >= 4 is 17.6 Å². The molecule has 9 heteroatoms. The van der Waals surface area contributed by atoms with Crippen molar-refractivity contribution in [2.24, 2.45) is 5.73 Å². The predicted molar refractivity (Wildman–Crippen MR) is 134 cm³/mol. The van der Waals surface area contributed by atoms with Gasteiger partial charge < -0.3 is 30.3 Å². The van der Waals surface area contributed by atoms with Crippen LogP contribution in [0.1, 0.15) is 60.4 Å². The SMILES string of the molecule is COCCN1CCC(c2ccc(C(=O)NC3(C(=O)N4C[C@@H](N)[C@H]5OCC(=O)[C@H]54)CCCC3)cc2)CC1. The number of fused-ring (bicyclic) bond motifs is 1. The number of nitrogens with two attached hydrogens (primary N) is 1. The van der Waals surface area contributed by atoms with Gasteiger partial charge in [0.2, 0.25) is 5.91 Å². The molecule has 1 aromatic rings. The molecule has 3 atom stereocenters. The number of piperidine rings is 1. The maximum absolute atomic E-state index is 13.8. The Morgan fingerprint density at radius 3 is 2.53 bits per heavy atom. The van der Waals surface area contributed by atoms with Crippen LogP contribution in [0.5, 0.6) is 0 Å². The van der Waals surface area contributed by atoms with Crippen molar-refractivity contribution in [3.05, 3.63) is 35.4 Å². The molecular formula is C27H38N4O5. The molecule has 3 heterocycles. The molecule has 3 saturated heterocycles. The number of carbonyl (C=O) groups is 3. The molecule has 9 nitrogen and oxygen atoms in total. The highest BCUT2D eigenvalue weighted by Gasteiger charge is 2.55. The lowest BCUT2D eigenvalue weighted by Crippen LogP contribution is -2.60. The molecule has 4 fully saturated rings. The van der Waals surface area contributed by atoms with Gasteiger partial charge in [0.15, 0.2) is 5.78 Å². The quantitative estimate of drug-likeness (QED) is 0.578. The number of methoxy groups -OCH3 is 1. The van der Waals surface area contributed by atoms with Crippen molar-refractivity contribution in [2.75, 3.05) is 46.5 Å². The zero-order valence-corrected chi connectivity index (χ0v) is 21.1. The summed E-state index contributed by atoms with van der Waals surface area (Å²) in [5, 5.41) is 3.08. The first-order valence-corrected chi connectivity index (χ1v) is 13.3. The Morgan fingerprint density at radius 2 is 1.86 bits per heavy atom. The third kappa shape index (κ3) is 4.81. The average Bonchev–Trinajstić information content (AvgIpc) is 3.61. The predicted octanol–water partition coefficient (Wildman–Crippen LogP) is 1.06. The van der Waals surface area contributed by atoms with Crippen molar-refractivity contribution in [2.45, 2.75) is 68.2 Å². The molecule has 1 aliphatic carbocycles. The first-order valence-electron chi connectivity index (χ1n) is 13.3. The molecule has 0 radical (unpaired) electrons. The number of carbonyl (C=O) groups excluding carboxylic acids is 3. The van der Waals surface area contributed by atoms with Crippen molar-refractivity contribution in [1.82, 2.24) is 15.1 Å². The molecule has 0 aromatic heterocycles. The van der Waals surface area contributed by atoms with Gasteiger partial charge >= 0.3 is 0 Å². The summed E-state index contributed by atoms with van der Waals surface area (Å²) in [7, 11) is 1.73. The number of ether oxygens (including phenoxy) is 2. The first-order chi connectivity index (χ1) is 17.4. The fourth-order valence-corrected chi connectivity index (χ4v) is 6.45. The molecule has 0 spiro atoms. The van der Waals surface area contributed by atoms with Crippen LogP contribution in [0.3, 0.4) is 0 Å². The Labute approximate surface area is 212 Å². The van der Waals surface area contributed by atoms with Gasteiger partial charge in [-0.1, -0.05) is 25.0 Å². The number of hydrogen-bond acceptors (Lipinski definition) is 7. The Balaban J connectivity index is 1.24. The minimum atomic E-state index is -0.998. The maximum atomic E-state index is 13.8. The minimum absolute atomic E-state index is 0.00922. The van der Waals surface area contributed by atoms with Gasteiger partial charge in [-0.3, -0.25) is 14.4 Å². The maximum Gasteiger partial charge on any atom is 0.252 e. The van der Waals surface area contributed by atoms with Crippen LogP contribution < -0.4 is 11.1 Å². The topological polar surface area (TPSA) is 114 Å². The smallest absolute Gasteiger partial charge is 0.252 e. The molecule has 36 heavy (non-hydrogen) atoms. The number of benzene rings is 1. The van der Waals surface area contributed by atoms with E-state index in [1.165, 1.54) is 5.56 Å². The van der Waals surface area contributed by atoms with E-state index in [1.54, 1.807) is 12.0 Å². The first kappa shape index (κ1) is 25.3. The number of likely N-dealkylation sites (tertiary alicyclic amines) is 2. The lowest BCUT2D eigenvalue weighted by Gasteiger charge is -2.35. The van der Waals surface area contributed by atoms with Gasteiger partial charge in [-0.15, -0.1) is 0 Å². The number of nitrogens with zero attached hydrogens (tertiary/aromatic N) is 2. The summed E-state index contributed by atoms with van der Waals surface area (Å²) < 4.78 is 10.7. The molecule has 1 saturated carbocycles. The van der Waals surface area contributed by atoms with E-state index in [-0.39, 0.29) is 36.8 Å². The molecule has 196 valence electrons. The summed E-state index contributed by atoms with van der Waals surface area (Å²) in [6.45, 7) is 4.09. The number of rotatable bonds is 7. The van der Waals surface area contributed by atoms with Crippen LogP contribution in [-0.4, -0.2) is 97.6 Å². The van der Waals surface area contributed by atoms with E-state index in [0.717, 1.165) is 51.9 Å². The standard InChI is InChI=1S/C27H38N4O5/c1-35-15-14-30-12-8-19(9-13-30)18-4-6-20(7-5-18)25(33)29-27(10-2-3-11-27)26(34)31-16-21(28)24-23(31)22(32)17-36-24/h4-7,19,21,23-24H,2-3,8-17,28H2,1H3,(H,29,33)/t21-,23-,24-/m1/s1. The van der Waals surface area contributed by atoms with Crippen LogP contribution in [0, 0.1) is 0 Å². The Morgan fingerprint density at radius 1 is 1.17 bits per heavy atom. The Hall–Kier alpha value is -2.33. The molecule has 3 aliphatic heterocycles. The summed E-state index contributed by atoms with van der Waals surface area (Å²) in [5.74, 6) is -0.0738. The van der Waals surface area contributed by atoms with Crippen LogP contribution in [0.15, 0.2) is 24.3 Å². The molecule has 3 N–H and O–H groups in total. The van der Waals surface area contributed by atoms with E-state index in [2.05, 4.69) is 10.2 Å². The highest BCUT2D eigenvalue weighted by atomic mass is 16.5. The average molecular weight is 499 g/mol. The van der Waals surface area contributed by atoms with E-state index in [9.17, 15) is 14.4 Å². The third-order valence-electron chi connectivity index (χ3n) is 8.55. The molecule has 4 aliphatic rings. The fourth-order valence-electron chi connectivity index (χ4n) is 6.45. The van der Waals surface area contributed by atoms with Crippen molar-refractivity contribution in [3.63, 3.8) is 0 Å². The highest BCUT2D eigenvalue weighted by molar-refractivity contribution is 6.01. The molecule has 0 bridgehead atoms. The lowest BCUT2D eigenvalue weighted by molar-refractivity contribution is -0.142.